The first-order valence-corrected chi connectivity index (χ1v) is 12.7. The molecule has 3 rings (SSSR count). The first-order chi connectivity index (χ1) is 15.1. The number of benzene rings is 3. The lowest BCUT2D eigenvalue weighted by Gasteiger charge is -2.11. The van der Waals surface area contributed by atoms with Crippen LogP contribution in [0.25, 0.3) is 0 Å². The van der Waals surface area contributed by atoms with Crippen molar-refractivity contribution in [2.45, 2.75) is 10.6 Å². The SMILES string of the molecule is COC(=O)c1ccc(CS(=O)(=O)Nc2ccc(S(=O)(=O)Nc3ccc(Cl)cc3)cc2)cc1. The van der Waals surface area contributed by atoms with E-state index in [-0.39, 0.29) is 16.3 Å². The fourth-order valence-electron chi connectivity index (χ4n) is 2.72. The molecule has 0 radical (unpaired) electrons. The molecule has 0 saturated carbocycles. The third kappa shape index (κ3) is 6.22. The van der Waals surface area contributed by atoms with Crippen LogP contribution in [-0.2, 0) is 30.5 Å². The van der Waals surface area contributed by atoms with Crippen molar-refractivity contribution in [1.82, 2.24) is 0 Å². The monoisotopic (exact) mass is 494 g/mol. The van der Waals surface area contributed by atoms with E-state index < -0.39 is 26.0 Å². The predicted octanol–water partition coefficient (Wildman–Crippen LogP) is 3.87. The molecule has 2 N–H and O–H groups in total. The number of ether oxygens (including phenoxy) is 1. The van der Waals surface area contributed by atoms with Crippen LogP contribution >= 0.6 is 11.6 Å². The third-order valence-electron chi connectivity index (χ3n) is 4.27. The second kappa shape index (κ2) is 9.60. The first kappa shape index (κ1) is 23.6. The Bertz CT molecular complexity index is 1310. The Labute approximate surface area is 191 Å². The Kier molecular flexibility index (Phi) is 7.07. The summed E-state index contributed by atoms with van der Waals surface area (Å²) in [6.45, 7) is 0. The second-order valence-corrected chi connectivity index (χ2v) is 10.5. The Morgan fingerprint density at radius 2 is 1.34 bits per heavy atom. The van der Waals surface area contributed by atoms with Crippen LogP contribution in [0.4, 0.5) is 11.4 Å². The normalized spacial score (nSPS) is 11.6. The molecule has 0 bridgehead atoms. The minimum Gasteiger partial charge on any atom is -0.465 e. The van der Waals surface area contributed by atoms with E-state index in [0.717, 1.165) is 0 Å². The van der Waals surface area contributed by atoms with Gasteiger partial charge in [0.15, 0.2) is 0 Å². The van der Waals surface area contributed by atoms with Gasteiger partial charge >= 0.3 is 5.97 Å². The van der Waals surface area contributed by atoms with Crippen molar-refractivity contribution in [3.63, 3.8) is 0 Å². The molecule has 0 aliphatic carbocycles. The number of halogens is 1. The molecular formula is C21H19ClN2O6S2. The highest BCUT2D eigenvalue weighted by atomic mass is 35.5. The number of carbonyl (C=O) groups excluding carboxylic acids is 1. The number of esters is 1. The molecule has 0 atom stereocenters. The summed E-state index contributed by atoms with van der Waals surface area (Å²) in [5.41, 5.74) is 1.33. The molecule has 11 heteroatoms. The average Bonchev–Trinajstić information content (AvgIpc) is 2.75. The van der Waals surface area contributed by atoms with Crippen LogP contribution in [0.5, 0.6) is 0 Å². The Morgan fingerprint density at radius 3 is 1.91 bits per heavy atom. The lowest BCUT2D eigenvalue weighted by atomic mass is 10.1. The van der Waals surface area contributed by atoms with E-state index in [2.05, 4.69) is 14.2 Å². The summed E-state index contributed by atoms with van der Waals surface area (Å²) in [6, 6.07) is 17.5. The molecule has 0 spiro atoms. The Hall–Kier alpha value is -3.08. The van der Waals surface area contributed by atoms with Crippen molar-refractivity contribution in [3.05, 3.63) is 88.9 Å². The molecule has 0 aromatic heterocycles. The van der Waals surface area contributed by atoms with E-state index in [1.807, 2.05) is 0 Å². The zero-order chi connectivity index (χ0) is 23.4. The number of hydrogen-bond donors (Lipinski definition) is 2. The molecule has 0 fully saturated rings. The number of rotatable bonds is 8. The van der Waals surface area contributed by atoms with Crippen LogP contribution in [-0.4, -0.2) is 29.9 Å². The van der Waals surface area contributed by atoms with Gasteiger partial charge in [0.05, 0.1) is 23.3 Å². The van der Waals surface area contributed by atoms with E-state index in [1.54, 1.807) is 12.1 Å². The largest absolute Gasteiger partial charge is 0.465 e. The van der Waals surface area contributed by atoms with Crippen LogP contribution < -0.4 is 9.44 Å². The summed E-state index contributed by atoms with van der Waals surface area (Å²) in [7, 11) is -6.37. The molecule has 3 aromatic carbocycles. The molecule has 3 aromatic rings. The van der Waals surface area contributed by atoms with Gasteiger partial charge in [-0.3, -0.25) is 9.44 Å². The predicted molar refractivity (Wildman–Crippen MR) is 123 cm³/mol. The lowest BCUT2D eigenvalue weighted by Crippen LogP contribution is -2.16. The molecule has 0 amide bonds. The average molecular weight is 495 g/mol. The maximum atomic E-state index is 12.5. The highest BCUT2D eigenvalue weighted by molar-refractivity contribution is 7.92. The first-order valence-electron chi connectivity index (χ1n) is 9.14. The van der Waals surface area contributed by atoms with Crippen LogP contribution in [0.3, 0.4) is 0 Å². The highest BCUT2D eigenvalue weighted by Gasteiger charge is 2.16. The number of anilines is 2. The summed E-state index contributed by atoms with van der Waals surface area (Å²) in [4.78, 5) is 11.4. The van der Waals surface area contributed by atoms with E-state index in [0.29, 0.717) is 21.8 Å². The van der Waals surface area contributed by atoms with Crippen LogP contribution in [0.2, 0.25) is 5.02 Å². The Morgan fingerprint density at radius 1 is 0.812 bits per heavy atom. The topological polar surface area (TPSA) is 119 Å². The summed E-state index contributed by atoms with van der Waals surface area (Å²) in [5.74, 6) is -0.842. The lowest BCUT2D eigenvalue weighted by molar-refractivity contribution is 0.0600. The van der Waals surface area contributed by atoms with Gasteiger partial charge in [0, 0.05) is 16.4 Å². The van der Waals surface area contributed by atoms with Crippen molar-refractivity contribution >= 4 is 49.0 Å². The second-order valence-electron chi connectivity index (χ2n) is 6.69. The molecule has 0 aliphatic rings. The van der Waals surface area contributed by atoms with E-state index in [1.165, 1.54) is 67.8 Å². The zero-order valence-corrected chi connectivity index (χ0v) is 19.2. The summed E-state index contributed by atoms with van der Waals surface area (Å²) < 4.78 is 59.3. The maximum absolute atomic E-state index is 12.5. The number of sulfonamides is 2. The molecule has 0 heterocycles. The van der Waals surface area contributed by atoms with Crippen molar-refractivity contribution in [2.24, 2.45) is 0 Å². The van der Waals surface area contributed by atoms with Gasteiger partial charge in [-0.15, -0.1) is 0 Å². The number of hydrogen-bond acceptors (Lipinski definition) is 6. The Balaban J connectivity index is 1.67. The van der Waals surface area contributed by atoms with Gasteiger partial charge < -0.3 is 4.74 Å². The standard InChI is InChI=1S/C21H19ClN2O6S2/c1-30-21(25)16-4-2-15(3-5-16)14-31(26,27)23-18-10-12-20(13-11-18)32(28,29)24-19-8-6-17(22)7-9-19/h2-13,23-24H,14H2,1H3. The smallest absolute Gasteiger partial charge is 0.337 e. The van der Waals surface area contributed by atoms with Crippen LogP contribution in [0.1, 0.15) is 15.9 Å². The third-order valence-corrected chi connectivity index (χ3v) is 7.18. The van der Waals surface area contributed by atoms with Gasteiger partial charge in [0.2, 0.25) is 10.0 Å². The van der Waals surface area contributed by atoms with Crippen molar-refractivity contribution in [2.75, 3.05) is 16.6 Å². The minimum atomic E-state index is -3.86. The molecule has 0 aliphatic heterocycles. The van der Waals surface area contributed by atoms with Crippen molar-refractivity contribution < 1.29 is 26.4 Å². The molecule has 0 saturated heterocycles. The van der Waals surface area contributed by atoms with Gasteiger partial charge in [-0.1, -0.05) is 23.7 Å². The van der Waals surface area contributed by atoms with Gasteiger partial charge in [-0.25, -0.2) is 21.6 Å². The number of nitrogens with one attached hydrogen (secondary N) is 2. The fourth-order valence-corrected chi connectivity index (χ4v) is 5.11. The van der Waals surface area contributed by atoms with Gasteiger partial charge in [0.25, 0.3) is 10.0 Å². The van der Waals surface area contributed by atoms with E-state index in [9.17, 15) is 21.6 Å². The van der Waals surface area contributed by atoms with Crippen molar-refractivity contribution in [3.8, 4) is 0 Å². The van der Waals surface area contributed by atoms with E-state index >= 15 is 0 Å². The molecule has 0 unspecified atom stereocenters. The van der Waals surface area contributed by atoms with Gasteiger partial charge in [0.1, 0.15) is 0 Å². The van der Waals surface area contributed by atoms with Crippen molar-refractivity contribution in [1.29, 1.82) is 0 Å². The highest BCUT2D eigenvalue weighted by Crippen LogP contribution is 2.21. The molecular weight excluding hydrogens is 476 g/mol. The van der Waals surface area contributed by atoms with Gasteiger partial charge in [-0.2, -0.15) is 0 Å². The maximum Gasteiger partial charge on any atom is 0.337 e. The number of carbonyl (C=O) groups is 1. The van der Waals surface area contributed by atoms with E-state index in [4.69, 9.17) is 11.6 Å². The van der Waals surface area contributed by atoms with Crippen LogP contribution in [0, 0.1) is 0 Å². The molecule has 8 nitrogen and oxygen atoms in total. The van der Waals surface area contributed by atoms with Crippen LogP contribution in [0.15, 0.2) is 77.7 Å². The quantitative estimate of drug-likeness (QED) is 0.459. The molecule has 32 heavy (non-hydrogen) atoms. The summed E-state index contributed by atoms with van der Waals surface area (Å²) in [5, 5.41) is 0.476. The van der Waals surface area contributed by atoms with Gasteiger partial charge in [-0.05, 0) is 66.2 Å². The summed E-state index contributed by atoms with van der Waals surface area (Å²) >= 11 is 5.79. The fraction of sp³-hybridized carbons (Fsp3) is 0.0952. The number of methoxy groups -OCH3 is 1. The molecule has 168 valence electrons. The zero-order valence-electron chi connectivity index (χ0n) is 16.8. The minimum absolute atomic E-state index is 0.0335. The summed E-state index contributed by atoms with van der Waals surface area (Å²) in [6.07, 6.45) is 0.